The van der Waals surface area contributed by atoms with Gasteiger partial charge in [0.25, 0.3) is 0 Å². The molecule has 0 bridgehead atoms. The van der Waals surface area contributed by atoms with Gasteiger partial charge in [-0.25, -0.2) is 4.79 Å². The maximum Gasteiger partial charge on any atom is 0.515 e. The maximum absolute atomic E-state index is 13.0. The Labute approximate surface area is 535 Å². The van der Waals surface area contributed by atoms with E-state index in [0.717, 1.165) is 139 Å². The standard InChI is InChI=1S/C27H30F3N3O2.C18H25N3O.C7H6F3N.C6H15N.C3Cl6O3/c1-20-24(31-26(34)18-21-7-5-10-23(17-21)27(28,29)30)19-25(22-8-3-2-4-9-22)33(20)12-6-11-32-13-15-35-16-14-32;1-15-17(19)14-18(16-6-3-2-4-7-16)21(15)9-5-8-20-10-12-22-13-11-20;8-7(9,10)5-2-1-3-6(11)4-5;1-4-7(5-2)6-3;4-2(5,6)11-1(10)12-3(7,8)9/h2-5,7-10,17,19H,6,11-16,18H2,1H3,(H,31,34);2-4,6-7,14H,5,8-13,19H2,1H3;1-4H,11H2;4-6H2,1-3H3;. The van der Waals surface area contributed by atoms with Crippen molar-refractivity contribution in [1.82, 2.24) is 23.8 Å². The van der Waals surface area contributed by atoms with Gasteiger partial charge in [-0.15, -0.1) is 0 Å². The zero-order chi connectivity index (χ0) is 64.4. The zero-order valence-corrected chi connectivity index (χ0v) is 53.7. The number of nitrogens with one attached hydrogen (secondary N) is 1. The van der Waals surface area contributed by atoms with Gasteiger partial charge in [-0.1, -0.05) is 106 Å². The molecule has 2 aliphatic rings. The van der Waals surface area contributed by atoms with Crippen molar-refractivity contribution in [3.8, 4) is 22.5 Å². The van der Waals surface area contributed by atoms with Crippen LogP contribution in [0.2, 0.25) is 0 Å². The number of amides is 1. The van der Waals surface area contributed by atoms with Crippen molar-refractivity contribution >= 4 is 98.7 Å². The normalized spacial score (nSPS) is 14.0. The minimum Gasteiger partial charge on any atom is -0.399 e. The number of ether oxygens (including phenoxy) is 4. The predicted octanol–water partition coefficient (Wildman–Crippen LogP) is 15.6. The summed E-state index contributed by atoms with van der Waals surface area (Å²) < 4.78 is 93.7. The molecule has 0 spiro atoms. The number of rotatable bonds is 16. The number of aromatic nitrogens is 2. The van der Waals surface area contributed by atoms with Gasteiger partial charge in [0.05, 0.1) is 66.7 Å². The molecule has 1 amide bonds. The van der Waals surface area contributed by atoms with Gasteiger partial charge in [-0.3, -0.25) is 14.6 Å². The molecule has 0 atom stereocenters. The van der Waals surface area contributed by atoms with Gasteiger partial charge in [0.15, 0.2) is 0 Å². The molecule has 8 rings (SSSR count). The summed E-state index contributed by atoms with van der Waals surface area (Å²) in [5, 5.41) is 2.92. The van der Waals surface area contributed by atoms with Crippen LogP contribution in [0.25, 0.3) is 22.5 Å². The smallest absolute Gasteiger partial charge is 0.399 e. The molecular formula is C61H76Cl6F6N8O6. The third kappa shape index (κ3) is 27.7. The quantitative estimate of drug-likeness (QED) is 0.0367. The van der Waals surface area contributed by atoms with Crippen LogP contribution in [0.5, 0.6) is 0 Å². The lowest BCUT2D eigenvalue weighted by Gasteiger charge is -2.26. The fourth-order valence-corrected chi connectivity index (χ4v) is 9.48. The Balaban J connectivity index is 0.000000264. The molecule has 2 fully saturated rings. The Kier molecular flexibility index (Phi) is 31.2. The van der Waals surface area contributed by atoms with Crippen LogP contribution in [-0.4, -0.2) is 129 Å². The first-order valence-corrected chi connectivity index (χ1v) is 30.3. The molecule has 2 saturated heterocycles. The van der Waals surface area contributed by atoms with Gasteiger partial charge in [0, 0.05) is 69.4 Å². The van der Waals surface area contributed by atoms with E-state index in [2.05, 4.69) is 96.7 Å². The van der Waals surface area contributed by atoms with Gasteiger partial charge in [-0.05, 0) is 169 Å². The summed E-state index contributed by atoms with van der Waals surface area (Å²) in [4.78, 5) is 30.5. The fraction of sp³-hybridized carbons (Fsp3) is 0.443. The van der Waals surface area contributed by atoms with Crippen molar-refractivity contribution in [1.29, 1.82) is 0 Å². The van der Waals surface area contributed by atoms with Gasteiger partial charge in [0.1, 0.15) is 0 Å². The van der Waals surface area contributed by atoms with E-state index in [9.17, 15) is 35.9 Å². The van der Waals surface area contributed by atoms with E-state index in [0.29, 0.717) is 11.3 Å². The van der Waals surface area contributed by atoms with E-state index in [1.807, 2.05) is 49.4 Å². The Morgan fingerprint density at radius 2 is 0.989 bits per heavy atom. The molecule has 5 N–H and O–H groups in total. The maximum atomic E-state index is 13.0. The zero-order valence-electron chi connectivity index (χ0n) is 49.2. The topological polar surface area (TPSA) is 155 Å². The summed E-state index contributed by atoms with van der Waals surface area (Å²) in [6.45, 7) is 25.3. The number of carbonyl (C=O) groups is 2. The van der Waals surface area contributed by atoms with Crippen molar-refractivity contribution < 1.29 is 54.9 Å². The van der Waals surface area contributed by atoms with Crippen molar-refractivity contribution in [2.24, 2.45) is 0 Å². The predicted molar refractivity (Wildman–Crippen MR) is 339 cm³/mol. The van der Waals surface area contributed by atoms with Crippen molar-refractivity contribution in [3.05, 3.63) is 149 Å². The first kappa shape index (κ1) is 74.4. The van der Waals surface area contributed by atoms with Crippen LogP contribution < -0.4 is 16.8 Å². The van der Waals surface area contributed by atoms with E-state index < -0.39 is 37.6 Å². The highest BCUT2D eigenvalue weighted by molar-refractivity contribution is 6.67. The lowest BCUT2D eigenvalue weighted by molar-refractivity contribution is -0.138. The molecule has 87 heavy (non-hydrogen) atoms. The van der Waals surface area contributed by atoms with Gasteiger partial charge in [-0.2, -0.15) is 26.3 Å². The lowest BCUT2D eigenvalue weighted by Crippen LogP contribution is -2.37. The van der Waals surface area contributed by atoms with E-state index in [4.69, 9.17) is 90.5 Å². The largest absolute Gasteiger partial charge is 0.515 e. The molecule has 14 nitrogen and oxygen atoms in total. The Bertz CT molecular complexity index is 2960. The highest BCUT2D eigenvalue weighted by Gasteiger charge is 2.33. The lowest BCUT2D eigenvalue weighted by atomic mass is 10.1. The summed E-state index contributed by atoms with van der Waals surface area (Å²) in [5.41, 5.74) is 18.4. The molecule has 0 aliphatic carbocycles. The molecule has 0 unspecified atom stereocenters. The number of hydrogen-bond acceptors (Lipinski definition) is 11. The molecule has 4 aromatic carbocycles. The highest BCUT2D eigenvalue weighted by Crippen LogP contribution is 2.35. The molecule has 2 aliphatic heterocycles. The Morgan fingerprint density at radius 1 is 0.563 bits per heavy atom. The van der Waals surface area contributed by atoms with Crippen LogP contribution in [-0.2, 0) is 55.6 Å². The first-order chi connectivity index (χ1) is 41.0. The monoisotopic (exact) mass is 1340 g/mol. The van der Waals surface area contributed by atoms with E-state index >= 15 is 0 Å². The second-order valence-corrected chi connectivity index (χ2v) is 24.1. The summed E-state index contributed by atoms with van der Waals surface area (Å²) in [6, 6.07) is 34.0. The highest BCUT2D eigenvalue weighted by atomic mass is 35.6. The average molecular weight is 1340 g/mol. The molecule has 2 aromatic heterocycles. The Morgan fingerprint density at radius 3 is 1.39 bits per heavy atom. The van der Waals surface area contributed by atoms with E-state index in [1.165, 1.54) is 60.9 Å². The van der Waals surface area contributed by atoms with Gasteiger partial charge < -0.3 is 49.8 Å². The Hall–Kier alpha value is -5.10. The number of halogens is 12. The van der Waals surface area contributed by atoms with Crippen LogP contribution in [0.3, 0.4) is 0 Å². The third-order valence-electron chi connectivity index (χ3n) is 13.7. The molecule has 6 aromatic rings. The molecular weight excluding hydrogens is 1270 g/mol. The molecule has 0 radical (unpaired) electrons. The first-order valence-electron chi connectivity index (χ1n) is 28.0. The summed E-state index contributed by atoms with van der Waals surface area (Å²) in [5.74, 6) is -0.350. The molecule has 26 heteroatoms. The minimum absolute atomic E-state index is 0.125. The third-order valence-corrected chi connectivity index (χ3v) is 14.1. The number of hydrogen-bond donors (Lipinski definition) is 3. The van der Waals surface area contributed by atoms with Crippen LogP contribution in [0.15, 0.2) is 121 Å². The summed E-state index contributed by atoms with van der Waals surface area (Å²) >= 11 is 30.2. The number of nitrogens with zero attached hydrogens (tertiary/aromatic N) is 5. The number of alkyl halides is 12. The number of nitrogen functional groups attached to an aromatic ring is 2. The number of nitrogens with two attached hydrogens (primary N) is 2. The van der Waals surface area contributed by atoms with Gasteiger partial charge >= 0.3 is 26.5 Å². The van der Waals surface area contributed by atoms with E-state index in [-0.39, 0.29) is 18.0 Å². The van der Waals surface area contributed by atoms with E-state index in [1.54, 1.807) is 0 Å². The van der Waals surface area contributed by atoms with Crippen molar-refractivity contribution in [2.45, 2.75) is 87.3 Å². The van der Waals surface area contributed by atoms with Gasteiger partial charge in [0.2, 0.25) is 5.91 Å². The van der Waals surface area contributed by atoms with Crippen molar-refractivity contribution in [2.75, 3.05) is 102 Å². The number of morpholine rings is 2. The number of carbonyl (C=O) groups excluding carboxylic acids is 2. The molecule has 0 saturated carbocycles. The number of anilines is 3. The molecule has 480 valence electrons. The summed E-state index contributed by atoms with van der Waals surface area (Å²) in [7, 11) is 0. The number of benzene rings is 4. The molecule has 4 heterocycles. The average Bonchev–Trinajstić information content (AvgIpc) is 1.83. The fourth-order valence-electron chi connectivity index (χ4n) is 9.10. The second-order valence-electron chi connectivity index (χ2n) is 19.8. The van der Waals surface area contributed by atoms with Crippen LogP contribution >= 0.6 is 69.6 Å². The summed E-state index contributed by atoms with van der Waals surface area (Å²) in [6.07, 6.45) is -8.19. The minimum atomic E-state index is -4.44. The van der Waals surface area contributed by atoms with Crippen LogP contribution in [0.1, 0.15) is 61.7 Å². The van der Waals surface area contributed by atoms with Crippen molar-refractivity contribution in [3.63, 3.8) is 0 Å². The van der Waals surface area contributed by atoms with Crippen LogP contribution in [0, 0.1) is 13.8 Å². The van der Waals surface area contributed by atoms with Crippen LogP contribution in [0.4, 0.5) is 48.2 Å². The second kappa shape index (κ2) is 36.5. The SMILES string of the molecule is CCN(CC)CC.Cc1c(N)cc(-c2ccccc2)n1CCCN1CCOCC1.Cc1c(NC(=O)Cc2cccc(C(F)(F)F)c2)cc(-c2ccccc2)n1CCCN1CCOCC1.Nc1cccc(C(F)(F)F)c1.O=C(OC(Cl)(Cl)Cl)OC(Cl)(Cl)Cl.